The lowest BCUT2D eigenvalue weighted by molar-refractivity contribution is 1.08. The minimum atomic E-state index is 0.222. The Labute approximate surface area is 130 Å². The average molecular weight is 309 g/mol. The fraction of sp³-hybridized carbons (Fsp3) is 0.0714. The third-order valence-corrected chi connectivity index (χ3v) is 4.07. The predicted octanol–water partition coefficient (Wildman–Crippen LogP) is 2.25. The second-order valence-corrected chi connectivity index (χ2v) is 5.70. The summed E-state index contributed by atoms with van der Waals surface area (Å²) in [5.74, 6) is 0.222. The van der Waals surface area contributed by atoms with E-state index >= 15 is 0 Å². The van der Waals surface area contributed by atoms with Crippen LogP contribution in [0.5, 0.6) is 0 Å². The summed E-state index contributed by atoms with van der Waals surface area (Å²) in [6, 6.07) is 7.89. The molecule has 1 aliphatic rings. The summed E-state index contributed by atoms with van der Waals surface area (Å²) in [5, 5.41) is 12.9. The number of hydrogen-bond donors (Lipinski definition) is 2. The second kappa shape index (κ2) is 5.15. The number of nitrogen functional groups attached to an aromatic ring is 1. The van der Waals surface area contributed by atoms with Gasteiger partial charge in [0.15, 0.2) is 5.01 Å². The molecule has 3 N–H and O–H groups in total. The number of anilines is 3. The number of fused-ring (bicyclic) bond motifs is 1. The Morgan fingerprint density at radius 3 is 3.05 bits per heavy atom. The number of nitrogens with zero attached hydrogens (tertiary/aromatic N) is 5. The summed E-state index contributed by atoms with van der Waals surface area (Å²) in [5.41, 5.74) is 9.58. The largest absolute Gasteiger partial charge is 0.368 e. The highest BCUT2D eigenvalue weighted by Gasteiger charge is 2.10. The molecule has 0 spiro atoms. The van der Waals surface area contributed by atoms with E-state index < -0.39 is 0 Å². The minimum absolute atomic E-state index is 0.222. The monoisotopic (exact) mass is 309 g/mol. The third-order valence-electron chi connectivity index (χ3n) is 3.21. The molecule has 1 aromatic carbocycles. The molecule has 0 bridgehead atoms. The van der Waals surface area contributed by atoms with Crippen LogP contribution in [0.2, 0.25) is 0 Å². The van der Waals surface area contributed by atoms with Crippen LogP contribution in [0.1, 0.15) is 11.1 Å². The smallest absolute Gasteiger partial charge is 0.220 e. The van der Waals surface area contributed by atoms with Crippen molar-refractivity contribution < 1.29 is 0 Å². The van der Waals surface area contributed by atoms with Crippen molar-refractivity contribution in [2.75, 3.05) is 11.1 Å². The van der Waals surface area contributed by atoms with E-state index in [1.807, 2.05) is 12.3 Å². The van der Waals surface area contributed by atoms with Crippen molar-refractivity contribution in [3.05, 3.63) is 41.6 Å². The molecule has 0 saturated heterocycles. The number of aromatic nitrogens is 4. The number of aliphatic imine (C=N–C) groups is 1. The van der Waals surface area contributed by atoms with Gasteiger partial charge in [0.25, 0.3) is 0 Å². The molecule has 0 aliphatic carbocycles. The zero-order valence-corrected chi connectivity index (χ0v) is 12.2. The fourth-order valence-electron chi connectivity index (χ4n) is 2.17. The predicted molar refractivity (Wildman–Crippen MR) is 86.4 cm³/mol. The van der Waals surface area contributed by atoms with E-state index in [1.54, 1.807) is 12.3 Å². The van der Waals surface area contributed by atoms with Crippen LogP contribution in [0.25, 0.3) is 10.7 Å². The van der Waals surface area contributed by atoms with Crippen LogP contribution in [0, 0.1) is 0 Å². The molecule has 4 rings (SSSR count). The number of nitrogens with one attached hydrogen (secondary N) is 1. The highest BCUT2D eigenvalue weighted by atomic mass is 32.1. The molecular weight excluding hydrogens is 298 g/mol. The van der Waals surface area contributed by atoms with Gasteiger partial charge in [-0.1, -0.05) is 17.4 Å². The first-order valence-electron chi connectivity index (χ1n) is 6.60. The molecule has 3 aromatic rings. The van der Waals surface area contributed by atoms with Gasteiger partial charge in [-0.25, -0.2) is 9.97 Å². The first-order valence-corrected chi connectivity index (χ1v) is 7.42. The van der Waals surface area contributed by atoms with Gasteiger partial charge < -0.3 is 11.1 Å². The van der Waals surface area contributed by atoms with Gasteiger partial charge in [0.1, 0.15) is 5.69 Å². The molecule has 22 heavy (non-hydrogen) atoms. The number of hydrogen-bond acceptors (Lipinski definition) is 8. The Balaban J connectivity index is 1.58. The Morgan fingerprint density at radius 1 is 1.18 bits per heavy atom. The zero-order chi connectivity index (χ0) is 14.9. The van der Waals surface area contributed by atoms with E-state index in [1.165, 1.54) is 16.9 Å². The van der Waals surface area contributed by atoms with Crippen LogP contribution in [0.15, 0.2) is 35.5 Å². The first kappa shape index (κ1) is 12.8. The van der Waals surface area contributed by atoms with Gasteiger partial charge in [0.2, 0.25) is 11.1 Å². The molecule has 8 heteroatoms. The summed E-state index contributed by atoms with van der Waals surface area (Å²) < 4.78 is 0. The van der Waals surface area contributed by atoms with Gasteiger partial charge in [-0.3, -0.25) is 4.99 Å². The van der Waals surface area contributed by atoms with Gasteiger partial charge in [-0.2, -0.15) is 0 Å². The Hall–Kier alpha value is -2.87. The summed E-state index contributed by atoms with van der Waals surface area (Å²) in [6.45, 7) is 0.758. The molecule has 2 aromatic heterocycles. The summed E-state index contributed by atoms with van der Waals surface area (Å²) in [6.07, 6.45) is 3.49. The lowest BCUT2D eigenvalue weighted by atomic mass is 10.1. The van der Waals surface area contributed by atoms with Crippen molar-refractivity contribution >= 4 is 34.3 Å². The van der Waals surface area contributed by atoms with Gasteiger partial charge in [0, 0.05) is 18.1 Å². The van der Waals surface area contributed by atoms with Crippen molar-refractivity contribution in [1.29, 1.82) is 0 Å². The van der Waals surface area contributed by atoms with Crippen LogP contribution >= 0.6 is 11.3 Å². The lowest BCUT2D eigenvalue weighted by Crippen LogP contribution is -1.94. The van der Waals surface area contributed by atoms with E-state index in [0.717, 1.165) is 17.8 Å². The molecule has 108 valence electrons. The minimum Gasteiger partial charge on any atom is -0.368 e. The molecule has 1 aliphatic heterocycles. The van der Waals surface area contributed by atoms with Gasteiger partial charge in [-0.05, 0) is 29.3 Å². The highest BCUT2D eigenvalue weighted by Crippen LogP contribution is 2.28. The van der Waals surface area contributed by atoms with Crippen molar-refractivity contribution in [3.63, 3.8) is 0 Å². The van der Waals surface area contributed by atoms with E-state index in [-0.39, 0.29) is 5.95 Å². The van der Waals surface area contributed by atoms with Gasteiger partial charge in [-0.15, -0.1) is 10.2 Å². The van der Waals surface area contributed by atoms with E-state index in [4.69, 9.17) is 5.73 Å². The maximum atomic E-state index is 5.58. The summed E-state index contributed by atoms with van der Waals surface area (Å²) in [4.78, 5) is 12.3. The highest BCUT2D eigenvalue weighted by molar-refractivity contribution is 7.18. The van der Waals surface area contributed by atoms with Crippen LogP contribution in [-0.2, 0) is 6.54 Å². The Bertz CT molecular complexity index is 871. The summed E-state index contributed by atoms with van der Waals surface area (Å²) in [7, 11) is 0. The summed E-state index contributed by atoms with van der Waals surface area (Å²) >= 11 is 1.41. The molecule has 7 nitrogen and oxygen atoms in total. The van der Waals surface area contributed by atoms with E-state index in [2.05, 4.69) is 42.6 Å². The van der Waals surface area contributed by atoms with Crippen molar-refractivity contribution in [1.82, 2.24) is 20.2 Å². The van der Waals surface area contributed by atoms with Crippen LogP contribution in [0.4, 0.5) is 16.8 Å². The molecule has 0 amide bonds. The van der Waals surface area contributed by atoms with Crippen LogP contribution < -0.4 is 11.1 Å². The molecule has 0 atom stereocenters. The van der Waals surface area contributed by atoms with Gasteiger partial charge in [0.05, 0.1) is 6.54 Å². The molecule has 0 fully saturated rings. The van der Waals surface area contributed by atoms with Crippen molar-refractivity contribution in [2.45, 2.75) is 6.54 Å². The topological polar surface area (TPSA) is 102 Å². The van der Waals surface area contributed by atoms with E-state index in [0.29, 0.717) is 15.8 Å². The Kier molecular flexibility index (Phi) is 3.01. The van der Waals surface area contributed by atoms with Crippen molar-refractivity contribution in [3.8, 4) is 10.7 Å². The quantitative estimate of drug-likeness (QED) is 0.769. The average Bonchev–Trinajstić information content (AvgIpc) is 3.16. The zero-order valence-electron chi connectivity index (χ0n) is 11.4. The van der Waals surface area contributed by atoms with Gasteiger partial charge >= 0.3 is 0 Å². The van der Waals surface area contributed by atoms with Crippen LogP contribution in [-0.4, -0.2) is 26.4 Å². The normalized spacial score (nSPS) is 12.4. The number of nitrogens with two attached hydrogens (primary N) is 1. The maximum absolute atomic E-state index is 5.58. The molecule has 0 saturated carbocycles. The second-order valence-electron chi connectivity index (χ2n) is 4.72. The first-order chi connectivity index (χ1) is 10.8. The Morgan fingerprint density at radius 2 is 2.14 bits per heavy atom. The molecule has 0 unspecified atom stereocenters. The lowest BCUT2D eigenvalue weighted by Gasteiger charge is -2.03. The third kappa shape index (κ3) is 2.40. The standard InChI is InChI=1S/C14H11N7S/c15-13-17-4-3-11(19-13)12-20-21-14(22-12)18-10-2-1-8-6-16-7-9(8)5-10/h1-5,7H,6H2,(H,18,21)(H2,15,17,19). The molecule has 0 radical (unpaired) electrons. The number of benzene rings is 1. The van der Waals surface area contributed by atoms with E-state index in [9.17, 15) is 0 Å². The SMILES string of the molecule is Nc1nccc(-c2nnc(Nc3ccc4c(c3)C=NC4)s2)n1. The van der Waals surface area contributed by atoms with Crippen LogP contribution in [0.3, 0.4) is 0 Å². The fourth-order valence-corrected chi connectivity index (χ4v) is 2.91. The maximum Gasteiger partial charge on any atom is 0.220 e. The van der Waals surface area contributed by atoms with Crippen molar-refractivity contribution in [2.24, 2.45) is 4.99 Å². The molecular formula is C14H11N7S. The number of rotatable bonds is 3. The molecule has 3 heterocycles.